The van der Waals surface area contributed by atoms with Crippen LogP contribution in [0.5, 0.6) is 0 Å². The molecule has 0 aromatic heterocycles. The van der Waals surface area contributed by atoms with Crippen LogP contribution in [0.2, 0.25) is 0 Å². The summed E-state index contributed by atoms with van der Waals surface area (Å²) in [6.45, 7) is 9.27. The average Bonchev–Trinajstić information content (AvgIpc) is 2.50. The molecule has 0 N–H and O–H groups in total. The van der Waals surface area contributed by atoms with Gasteiger partial charge in [-0.1, -0.05) is 6.92 Å². The van der Waals surface area contributed by atoms with Gasteiger partial charge < -0.3 is 14.5 Å². The molecule has 0 bridgehead atoms. The molecule has 0 aromatic carbocycles. The number of likely N-dealkylation sites (N-methyl/N-ethyl adjacent to an activating group) is 1. The second-order valence-electron chi connectivity index (χ2n) is 6.55. The summed E-state index contributed by atoms with van der Waals surface area (Å²) in [7, 11) is 3.91. The number of piperazine rings is 1. The third kappa shape index (κ3) is 3.96. The first-order valence-corrected chi connectivity index (χ1v) is 8.31. The molecule has 5 heteroatoms. The first-order chi connectivity index (χ1) is 10.1. The zero-order valence-electron chi connectivity index (χ0n) is 13.9. The summed E-state index contributed by atoms with van der Waals surface area (Å²) in [5.41, 5.74) is 0.283. The number of ether oxygens (including phenoxy) is 1. The standard InChI is InChI=1S/C16H31N3O2/c1-4-8-18-12-11-17(2)16(14-18)6-9-19(10-7-16)15(20)5-13-21-3/h4-14H2,1-3H3. The van der Waals surface area contributed by atoms with E-state index in [-0.39, 0.29) is 11.4 Å². The fraction of sp³-hybridized carbons (Fsp3) is 0.938. The highest BCUT2D eigenvalue weighted by Crippen LogP contribution is 2.31. The number of likely N-dealkylation sites (tertiary alicyclic amines) is 1. The van der Waals surface area contributed by atoms with Crippen molar-refractivity contribution in [1.29, 1.82) is 0 Å². The zero-order chi connectivity index (χ0) is 15.3. The first-order valence-electron chi connectivity index (χ1n) is 8.31. The van der Waals surface area contributed by atoms with Gasteiger partial charge in [0, 0.05) is 45.4 Å². The second kappa shape index (κ2) is 7.56. The highest BCUT2D eigenvalue weighted by molar-refractivity contribution is 5.76. The summed E-state index contributed by atoms with van der Waals surface area (Å²) < 4.78 is 5.01. The van der Waals surface area contributed by atoms with Gasteiger partial charge in [0.15, 0.2) is 0 Å². The minimum absolute atomic E-state index is 0.246. The van der Waals surface area contributed by atoms with Crippen LogP contribution in [0.1, 0.15) is 32.6 Å². The van der Waals surface area contributed by atoms with Crippen molar-refractivity contribution in [1.82, 2.24) is 14.7 Å². The van der Waals surface area contributed by atoms with Crippen LogP contribution in [0.4, 0.5) is 0 Å². The van der Waals surface area contributed by atoms with E-state index in [9.17, 15) is 4.79 Å². The van der Waals surface area contributed by atoms with Crippen LogP contribution in [-0.4, -0.2) is 86.2 Å². The fourth-order valence-corrected chi connectivity index (χ4v) is 3.71. The molecule has 1 spiro atoms. The molecular formula is C16H31N3O2. The van der Waals surface area contributed by atoms with Crippen LogP contribution in [-0.2, 0) is 9.53 Å². The van der Waals surface area contributed by atoms with E-state index in [1.54, 1.807) is 7.11 Å². The lowest BCUT2D eigenvalue weighted by Gasteiger charge is -2.53. The smallest absolute Gasteiger partial charge is 0.224 e. The Labute approximate surface area is 129 Å². The summed E-state index contributed by atoms with van der Waals surface area (Å²) in [6.07, 6.45) is 3.94. The van der Waals surface area contributed by atoms with Crippen molar-refractivity contribution in [2.45, 2.75) is 38.1 Å². The molecule has 0 unspecified atom stereocenters. The SMILES string of the molecule is CCCN1CCN(C)C2(CCN(C(=O)CCOC)CC2)C1. The summed E-state index contributed by atoms with van der Waals surface area (Å²) in [4.78, 5) is 19.3. The molecule has 0 radical (unpaired) electrons. The summed E-state index contributed by atoms with van der Waals surface area (Å²) in [6, 6.07) is 0. The van der Waals surface area contributed by atoms with Gasteiger partial charge in [0.25, 0.3) is 0 Å². The maximum Gasteiger partial charge on any atom is 0.224 e. The molecule has 2 heterocycles. The molecule has 0 aromatic rings. The molecule has 2 fully saturated rings. The largest absolute Gasteiger partial charge is 0.384 e. The van der Waals surface area contributed by atoms with Crippen molar-refractivity contribution in [2.75, 3.05) is 60.0 Å². The third-order valence-electron chi connectivity index (χ3n) is 5.19. The van der Waals surface area contributed by atoms with E-state index in [0.29, 0.717) is 13.0 Å². The highest BCUT2D eigenvalue weighted by atomic mass is 16.5. The van der Waals surface area contributed by atoms with Crippen molar-refractivity contribution >= 4 is 5.91 Å². The second-order valence-corrected chi connectivity index (χ2v) is 6.55. The van der Waals surface area contributed by atoms with E-state index in [2.05, 4.69) is 23.8 Å². The van der Waals surface area contributed by atoms with Crippen molar-refractivity contribution in [3.8, 4) is 0 Å². The van der Waals surface area contributed by atoms with Gasteiger partial charge in [0.05, 0.1) is 13.0 Å². The van der Waals surface area contributed by atoms with Gasteiger partial charge in [-0.15, -0.1) is 0 Å². The Balaban J connectivity index is 1.89. The predicted octanol–water partition coefficient (Wildman–Crippen LogP) is 1.04. The molecule has 0 saturated carbocycles. The number of hydrogen-bond acceptors (Lipinski definition) is 4. The van der Waals surface area contributed by atoms with E-state index in [0.717, 1.165) is 39.0 Å². The molecule has 2 saturated heterocycles. The Morgan fingerprint density at radius 3 is 2.52 bits per heavy atom. The van der Waals surface area contributed by atoms with Gasteiger partial charge in [-0.25, -0.2) is 0 Å². The Hall–Kier alpha value is -0.650. The minimum Gasteiger partial charge on any atom is -0.384 e. The number of piperidine rings is 1. The van der Waals surface area contributed by atoms with Gasteiger partial charge in [-0.3, -0.25) is 9.69 Å². The van der Waals surface area contributed by atoms with Crippen molar-refractivity contribution < 1.29 is 9.53 Å². The normalized spacial score (nSPS) is 23.7. The van der Waals surface area contributed by atoms with Crippen molar-refractivity contribution in [2.24, 2.45) is 0 Å². The highest BCUT2D eigenvalue weighted by Gasteiger charge is 2.42. The molecule has 1 amide bonds. The Kier molecular flexibility index (Phi) is 6.02. The Morgan fingerprint density at radius 2 is 1.90 bits per heavy atom. The molecule has 21 heavy (non-hydrogen) atoms. The topological polar surface area (TPSA) is 36.0 Å². The van der Waals surface area contributed by atoms with Crippen LogP contribution in [0, 0.1) is 0 Å². The lowest BCUT2D eigenvalue weighted by atomic mass is 9.83. The number of amides is 1. The van der Waals surface area contributed by atoms with E-state index in [1.807, 2.05) is 4.90 Å². The lowest BCUT2D eigenvalue weighted by molar-refractivity contribution is -0.135. The minimum atomic E-state index is 0.246. The maximum atomic E-state index is 12.1. The predicted molar refractivity (Wildman–Crippen MR) is 84.4 cm³/mol. The summed E-state index contributed by atoms with van der Waals surface area (Å²) in [5, 5.41) is 0. The lowest BCUT2D eigenvalue weighted by Crippen LogP contribution is -2.64. The maximum absolute atomic E-state index is 12.1. The van der Waals surface area contributed by atoms with Crippen LogP contribution < -0.4 is 0 Å². The third-order valence-corrected chi connectivity index (χ3v) is 5.19. The van der Waals surface area contributed by atoms with Gasteiger partial charge in [0.1, 0.15) is 0 Å². The number of nitrogens with zero attached hydrogens (tertiary/aromatic N) is 3. The van der Waals surface area contributed by atoms with Crippen LogP contribution in [0.15, 0.2) is 0 Å². The van der Waals surface area contributed by atoms with E-state index in [1.165, 1.54) is 19.5 Å². The number of rotatable bonds is 5. The molecule has 2 aliphatic rings. The monoisotopic (exact) mass is 297 g/mol. The number of carbonyl (C=O) groups excluding carboxylic acids is 1. The number of methoxy groups -OCH3 is 1. The van der Waals surface area contributed by atoms with Gasteiger partial charge in [0.2, 0.25) is 5.91 Å². The summed E-state index contributed by atoms with van der Waals surface area (Å²) >= 11 is 0. The average molecular weight is 297 g/mol. The number of carbonyl (C=O) groups is 1. The summed E-state index contributed by atoms with van der Waals surface area (Å²) in [5.74, 6) is 0.246. The Morgan fingerprint density at radius 1 is 1.19 bits per heavy atom. The molecule has 2 aliphatic heterocycles. The van der Waals surface area contributed by atoms with Gasteiger partial charge >= 0.3 is 0 Å². The van der Waals surface area contributed by atoms with Crippen LogP contribution in [0.25, 0.3) is 0 Å². The molecule has 0 atom stereocenters. The van der Waals surface area contributed by atoms with Gasteiger partial charge in [-0.2, -0.15) is 0 Å². The zero-order valence-corrected chi connectivity index (χ0v) is 13.9. The van der Waals surface area contributed by atoms with Crippen LogP contribution >= 0.6 is 0 Å². The van der Waals surface area contributed by atoms with Crippen molar-refractivity contribution in [3.05, 3.63) is 0 Å². The number of hydrogen-bond donors (Lipinski definition) is 0. The molecule has 0 aliphatic carbocycles. The first kappa shape index (κ1) is 16.7. The Bertz CT molecular complexity index is 340. The van der Waals surface area contributed by atoms with Gasteiger partial charge in [-0.05, 0) is 32.9 Å². The van der Waals surface area contributed by atoms with Crippen LogP contribution in [0.3, 0.4) is 0 Å². The molecule has 5 nitrogen and oxygen atoms in total. The fourth-order valence-electron chi connectivity index (χ4n) is 3.71. The molecule has 122 valence electrons. The van der Waals surface area contributed by atoms with E-state index in [4.69, 9.17) is 4.74 Å². The quantitative estimate of drug-likeness (QED) is 0.760. The molecule has 2 rings (SSSR count). The van der Waals surface area contributed by atoms with E-state index >= 15 is 0 Å². The molecular weight excluding hydrogens is 266 g/mol. The van der Waals surface area contributed by atoms with E-state index < -0.39 is 0 Å². The van der Waals surface area contributed by atoms with Crippen molar-refractivity contribution in [3.63, 3.8) is 0 Å².